The molecule has 0 radical (unpaired) electrons. The molecule has 0 saturated carbocycles. The van der Waals surface area contributed by atoms with Gasteiger partial charge in [0.2, 0.25) is 5.91 Å². The van der Waals surface area contributed by atoms with Crippen LogP contribution < -0.4 is 15.4 Å². The highest BCUT2D eigenvalue weighted by atomic mass is 35.5. The molecule has 0 unspecified atom stereocenters. The van der Waals surface area contributed by atoms with E-state index in [-0.39, 0.29) is 13.7 Å². The van der Waals surface area contributed by atoms with Crippen LogP contribution in [0.1, 0.15) is 21.3 Å². The van der Waals surface area contributed by atoms with Gasteiger partial charge >= 0.3 is 0 Å². The average Bonchev–Trinajstić information content (AvgIpc) is 3.42. The lowest BCUT2D eigenvalue weighted by Gasteiger charge is -2.16. The maximum atomic E-state index is 12.2. The van der Waals surface area contributed by atoms with Crippen molar-refractivity contribution < 1.29 is 16.1 Å². The predicted octanol–water partition coefficient (Wildman–Crippen LogP) is 4.40. The van der Waals surface area contributed by atoms with Gasteiger partial charge in [0.1, 0.15) is 0 Å². The van der Waals surface area contributed by atoms with Crippen LogP contribution in [0.15, 0.2) is 65.0 Å². The summed E-state index contributed by atoms with van der Waals surface area (Å²) < 4.78 is 26.8. The first-order valence-corrected chi connectivity index (χ1v) is 12.4. The number of nitrogens with two attached hydrogens (primary N) is 1. The molecule has 0 bridgehead atoms. The number of benzene rings is 2. The second-order valence-corrected chi connectivity index (χ2v) is 9.70. The minimum atomic E-state index is -3.64. The van der Waals surface area contributed by atoms with Gasteiger partial charge in [0, 0.05) is 38.1 Å². The van der Waals surface area contributed by atoms with E-state index in [9.17, 15) is 13.2 Å². The fraction of sp³-hybridized carbons (Fsp3) is 0.238. The number of aromatic nitrogens is 1. The molecule has 3 aromatic rings. The Labute approximate surface area is 193 Å². The number of thiazole rings is 1. The Balaban J connectivity index is 0.000000388. The third-order valence-corrected chi connectivity index (χ3v) is 7.10. The van der Waals surface area contributed by atoms with Gasteiger partial charge in [0.25, 0.3) is 10.0 Å². The Bertz CT molecular complexity index is 1110. The van der Waals surface area contributed by atoms with E-state index in [1.807, 2.05) is 24.3 Å². The van der Waals surface area contributed by atoms with E-state index in [1.165, 1.54) is 29.7 Å². The molecule has 10 heteroatoms. The summed E-state index contributed by atoms with van der Waals surface area (Å²) in [5.74, 6) is 0.0755. The molecule has 7 nitrogen and oxygen atoms in total. The Kier molecular flexibility index (Phi) is 8.03. The number of nitrogens with one attached hydrogen (secondary N) is 1. The fourth-order valence-corrected chi connectivity index (χ4v) is 5.05. The van der Waals surface area contributed by atoms with Crippen molar-refractivity contribution in [2.75, 3.05) is 22.7 Å². The van der Waals surface area contributed by atoms with Gasteiger partial charge in [-0.15, -0.1) is 11.3 Å². The van der Waals surface area contributed by atoms with Gasteiger partial charge in [0.15, 0.2) is 5.13 Å². The first-order chi connectivity index (χ1) is 14.9. The zero-order valence-corrected chi connectivity index (χ0v) is 19.1. The number of rotatable bonds is 6. The summed E-state index contributed by atoms with van der Waals surface area (Å²) in [4.78, 5) is 17.4. The van der Waals surface area contributed by atoms with Crippen molar-refractivity contribution in [2.45, 2.75) is 24.2 Å². The van der Waals surface area contributed by atoms with Gasteiger partial charge in [-0.1, -0.05) is 29.8 Å². The number of carbonyl (C=O) groups excluding carboxylic acids is 1. The van der Waals surface area contributed by atoms with Crippen LogP contribution in [-0.2, 0) is 21.2 Å². The van der Waals surface area contributed by atoms with Crippen LogP contribution >= 0.6 is 22.9 Å². The highest BCUT2D eigenvalue weighted by Crippen LogP contribution is 2.24. The lowest BCUT2D eigenvalue weighted by atomic mass is 10.1. The summed E-state index contributed by atoms with van der Waals surface area (Å²) in [6.07, 6.45) is 3.78. The van der Waals surface area contributed by atoms with Crippen molar-refractivity contribution in [3.8, 4) is 0 Å². The van der Waals surface area contributed by atoms with Crippen LogP contribution in [0.25, 0.3) is 0 Å². The number of nitrogens with zero attached hydrogens (tertiary/aromatic N) is 2. The SMILES string of the molecule is NCCc1ccccc1Cl.O=C1CCCN1c1ccc(S(=O)(=O)Nc2nccs2)cc1.[HH].[HH]. The molecule has 1 aromatic heterocycles. The number of sulfonamides is 1. The van der Waals surface area contributed by atoms with Crippen molar-refractivity contribution in [2.24, 2.45) is 5.73 Å². The van der Waals surface area contributed by atoms with Crippen LogP contribution in [0.3, 0.4) is 0 Å². The van der Waals surface area contributed by atoms with E-state index < -0.39 is 10.0 Å². The molecule has 1 amide bonds. The standard InChI is InChI=1S/C13H13N3O3S2.C8H10ClN.2H2/c17-12-2-1-8-16(12)10-3-5-11(6-4-10)21(18,19)15-13-14-7-9-20-13;9-8-4-2-1-3-7(8)5-6-10;;/h3-7,9H,1-2,8H2,(H,14,15);1-4H,5-6,10H2;2*1H. The molecule has 2 heterocycles. The molecule has 2 aromatic carbocycles. The summed E-state index contributed by atoms with van der Waals surface area (Å²) in [6.45, 7) is 1.34. The van der Waals surface area contributed by atoms with E-state index in [0.29, 0.717) is 24.6 Å². The second kappa shape index (κ2) is 10.7. The minimum absolute atomic E-state index is 0. The lowest BCUT2D eigenvalue weighted by molar-refractivity contribution is -0.117. The number of carbonyl (C=O) groups is 1. The molecule has 168 valence electrons. The summed E-state index contributed by atoms with van der Waals surface area (Å²) in [5.41, 5.74) is 7.23. The normalized spacial score (nSPS) is 13.6. The van der Waals surface area contributed by atoms with Crippen LogP contribution in [0.5, 0.6) is 0 Å². The number of halogens is 1. The molecule has 0 atom stereocenters. The molecule has 4 rings (SSSR count). The first-order valence-electron chi connectivity index (χ1n) is 9.67. The Morgan fingerprint density at radius 1 is 1.19 bits per heavy atom. The van der Waals surface area contributed by atoms with Gasteiger partial charge in [-0.25, -0.2) is 13.4 Å². The maximum Gasteiger partial charge on any atom is 0.263 e. The summed E-state index contributed by atoms with van der Waals surface area (Å²) >= 11 is 7.06. The quantitative estimate of drug-likeness (QED) is 0.541. The van der Waals surface area contributed by atoms with Crippen LogP contribution in [0, 0.1) is 0 Å². The summed E-state index contributed by atoms with van der Waals surface area (Å²) in [5, 5.41) is 2.83. The monoisotopic (exact) mass is 482 g/mol. The highest BCUT2D eigenvalue weighted by molar-refractivity contribution is 7.93. The smallest absolute Gasteiger partial charge is 0.263 e. The third kappa shape index (κ3) is 6.27. The van der Waals surface area contributed by atoms with Crippen LogP contribution in [-0.4, -0.2) is 32.4 Å². The topological polar surface area (TPSA) is 105 Å². The molecule has 0 aliphatic carbocycles. The van der Waals surface area contributed by atoms with Crippen molar-refractivity contribution in [1.29, 1.82) is 0 Å². The Morgan fingerprint density at radius 2 is 1.94 bits per heavy atom. The largest absolute Gasteiger partial charge is 0.330 e. The first kappa shape index (κ1) is 23.2. The Morgan fingerprint density at radius 3 is 2.52 bits per heavy atom. The molecule has 1 aliphatic heterocycles. The lowest BCUT2D eigenvalue weighted by Crippen LogP contribution is -2.23. The highest BCUT2D eigenvalue weighted by Gasteiger charge is 2.22. The van der Waals surface area contributed by atoms with E-state index in [4.69, 9.17) is 17.3 Å². The molecule has 0 spiro atoms. The Hall–Kier alpha value is -2.46. The van der Waals surface area contributed by atoms with Gasteiger partial charge in [-0.2, -0.15) is 0 Å². The minimum Gasteiger partial charge on any atom is -0.330 e. The van der Waals surface area contributed by atoms with E-state index in [1.54, 1.807) is 22.4 Å². The fourth-order valence-electron chi connectivity index (χ4n) is 3.03. The average molecular weight is 483 g/mol. The van der Waals surface area contributed by atoms with Crippen molar-refractivity contribution in [3.05, 3.63) is 70.7 Å². The van der Waals surface area contributed by atoms with Crippen LogP contribution in [0.4, 0.5) is 10.8 Å². The maximum absolute atomic E-state index is 12.2. The van der Waals surface area contributed by atoms with Crippen molar-refractivity contribution in [1.82, 2.24) is 4.98 Å². The van der Waals surface area contributed by atoms with E-state index in [0.717, 1.165) is 29.1 Å². The number of anilines is 2. The van der Waals surface area contributed by atoms with Gasteiger partial charge in [-0.3, -0.25) is 9.52 Å². The summed E-state index contributed by atoms with van der Waals surface area (Å²) in [6, 6.07) is 14.1. The van der Waals surface area contributed by atoms with E-state index in [2.05, 4.69) is 9.71 Å². The molecule has 1 fully saturated rings. The molecule has 1 saturated heterocycles. The number of hydrogen-bond donors (Lipinski definition) is 2. The molecule has 31 heavy (non-hydrogen) atoms. The number of amides is 1. The van der Waals surface area contributed by atoms with Gasteiger partial charge in [-0.05, 0) is 55.3 Å². The van der Waals surface area contributed by atoms with Crippen molar-refractivity contribution in [3.63, 3.8) is 0 Å². The molecule has 3 N–H and O–H groups in total. The second-order valence-electron chi connectivity index (χ2n) is 6.72. The molecular formula is C21H27ClN4O3S2. The summed E-state index contributed by atoms with van der Waals surface area (Å²) in [7, 11) is -3.64. The molecular weight excluding hydrogens is 456 g/mol. The van der Waals surface area contributed by atoms with Gasteiger partial charge < -0.3 is 10.6 Å². The zero-order valence-electron chi connectivity index (χ0n) is 16.7. The van der Waals surface area contributed by atoms with E-state index >= 15 is 0 Å². The third-order valence-electron chi connectivity index (χ3n) is 4.56. The van der Waals surface area contributed by atoms with Gasteiger partial charge in [0.05, 0.1) is 4.90 Å². The predicted molar refractivity (Wildman–Crippen MR) is 129 cm³/mol. The number of hydrogen-bond acceptors (Lipinski definition) is 6. The molecule has 1 aliphatic rings. The van der Waals surface area contributed by atoms with Crippen molar-refractivity contribution >= 4 is 49.7 Å². The van der Waals surface area contributed by atoms with Crippen LogP contribution in [0.2, 0.25) is 5.02 Å². The zero-order chi connectivity index (χ0) is 22.3.